The van der Waals surface area contributed by atoms with Crippen molar-refractivity contribution in [1.82, 2.24) is 15.3 Å². The molecule has 4 nitrogen and oxygen atoms in total. The first-order valence-corrected chi connectivity index (χ1v) is 8.65. The third-order valence-corrected chi connectivity index (χ3v) is 5.39. The molecular weight excluding hydrogens is 327 g/mol. The van der Waals surface area contributed by atoms with E-state index in [1.807, 2.05) is 0 Å². The number of nitrogens with zero attached hydrogens (tertiary/aromatic N) is 2. The summed E-state index contributed by atoms with van der Waals surface area (Å²) in [5.74, 6) is 1.17. The highest BCUT2D eigenvalue weighted by Gasteiger charge is 2.40. The molecular formula is C15H18F3N3OS. The van der Waals surface area contributed by atoms with Crippen molar-refractivity contribution in [1.29, 1.82) is 0 Å². The Hall–Kier alpha value is -1.31. The standard InChI is InChI=1S/C15H18F3N3OS/c1-8-4-12(15(16,17)18)21-14(19-8)23-7-13(22)20-11-6-9-2-3-10(11)5-9/h4,9-11H,2-3,5-7H2,1H3,(H,20,22)/t9-,10-,11+/m1/s1. The van der Waals surface area contributed by atoms with Gasteiger partial charge in [-0.2, -0.15) is 13.2 Å². The molecule has 0 spiro atoms. The maximum absolute atomic E-state index is 12.7. The van der Waals surface area contributed by atoms with Gasteiger partial charge in [-0.15, -0.1) is 0 Å². The summed E-state index contributed by atoms with van der Waals surface area (Å²) >= 11 is 0.942. The largest absolute Gasteiger partial charge is 0.433 e. The van der Waals surface area contributed by atoms with Crippen LogP contribution in [0.5, 0.6) is 0 Å². The van der Waals surface area contributed by atoms with Crippen LogP contribution in [0.25, 0.3) is 0 Å². The number of hydrogen-bond donors (Lipinski definition) is 1. The fraction of sp³-hybridized carbons (Fsp3) is 0.667. The Morgan fingerprint density at radius 2 is 2.13 bits per heavy atom. The molecule has 1 heterocycles. The van der Waals surface area contributed by atoms with Crippen molar-refractivity contribution in [3.05, 3.63) is 17.5 Å². The molecule has 1 aromatic heterocycles. The lowest BCUT2D eigenvalue weighted by Crippen LogP contribution is -2.39. The molecule has 23 heavy (non-hydrogen) atoms. The normalized spacial score (nSPS) is 26.5. The Morgan fingerprint density at radius 3 is 2.74 bits per heavy atom. The highest BCUT2D eigenvalue weighted by Crippen LogP contribution is 2.44. The first-order chi connectivity index (χ1) is 10.8. The summed E-state index contributed by atoms with van der Waals surface area (Å²) < 4.78 is 38.2. The number of rotatable bonds is 4. The van der Waals surface area contributed by atoms with Gasteiger partial charge in [0.15, 0.2) is 5.16 Å². The zero-order chi connectivity index (χ0) is 16.6. The average molecular weight is 345 g/mol. The number of carbonyl (C=O) groups is 1. The summed E-state index contributed by atoms with van der Waals surface area (Å²) in [6.45, 7) is 1.48. The number of halogens is 3. The Morgan fingerprint density at radius 1 is 1.35 bits per heavy atom. The molecule has 0 unspecified atom stereocenters. The van der Waals surface area contributed by atoms with Crippen molar-refractivity contribution in [2.45, 2.75) is 50.0 Å². The Labute approximate surface area is 136 Å². The Kier molecular flexibility index (Phi) is 4.53. The predicted octanol–water partition coefficient (Wildman–Crippen LogP) is 3.20. The van der Waals surface area contributed by atoms with E-state index in [1.165, 1.54) is 26.2 Å². The summed E-state index contributed by atoms with van der Waals surface area (Å²) in [5, 5.41) is 2.99. The van der Waals surface area contributed by atoms with Crippen LogP contribution in [0.4, 0.5) is 13.2 Å². The Balaban J connectivity index is 1.55. The summed E-state index contributed by atoms with van der Waals surface area (Å²) in [7, 11) is 0. The molecule has 2 aliphatic rings. The van der Waals surface area contributed by atoms with E-state index in [2.05, 4.69) is 15.3 Å². The van der Waals surface area contributed by atoms with Gasteiger partial charge in [0.2, 0.25) is 5.91 Å². The van der Waals surface area contributed by atoms with Gasteiger partial charge >= 0.3 is 6.18 Å². The van der Waals surface area contributed by atoms with Crippen LogP contribution in [0.1, 0.15) is 37.1 Å². The minimum absolute atomic E-state index is 0.0135. The van der Waals surface area contributed by atoms with E-state index in [9.17, 15) is 18.0 Å². The SMILES string of the molecule is Cc1cc(C(F)(F)F)nc(SCC(=O)N[C@H]2C[C@@H]3CC[C@@H]2C3)n1. The second-order valence-electron chi connectivity index (χ2n) is 6.31. The molecule has 2 saturated carbocycles. The topological polar surface area (TPSA) is 54.9 Å². The van der Waals surface area contributed by atoms with Gasteiger partial charge in [0.1, 0.15) is 5.69 Å². The van der Waals surface area contributed by atoms with E-state index in [0.29, 0.717) is 5.92 Å². The van der Waals surface area contributed by atoms with Gasteiger partial charge < -0.3 is 5.32 Å². The molecule has 0 aliphatic heterocycles. The van der Waals surface area contributed by atoms with Crippen LogP contribution >= 0.6 is 11.8 Å². The Bertz CT molecular complexity index is 608. The van der Waals surface area contributed by atoms with Crippen molar-refractivity contribution in [3.63, 3.8) is 0 Å². The average Bonchev–Trinajstić information content (AvgIpc) is 3.06. The lowest BCUT2D eigenvalue weighted by atomic mass is 9.95. The molecule has 8 heteroatoms. The number of amides is 1. The van der Waals surface area contributed by atoms with E-state index < -0.39 is 11.9 Å². The van der Waals surface area contributed by atoms with Crippen LogP contribution in [0, 0.1) is 18.8 Å². The lowest BCUT2D eigenvalue weighted by molar-refractivity contribution is -0.141. The minimum Gasteiger partial charge on any atom is -0.352 e. The minimum atomic E-state index is -4.51. The summed E-state index contributed by atoms with van der Waals surface area (Å²) in [4.78, 5) is 19.5. The molecule has 0 radical (unpaired) electrons. The molecule has 0 saturated heterocycles. The number of aryl methyl sites for hydroxylation is 1. The third kappa shape index (κ3) is 3.97. The van der Waals surface area contributed by atoms with Crippen LogP contribution in [0.2, 0.25) is 0 Å². The van der Waals surface area contributed by atoms with Gasteiger partial charge in [-0.05, 0) is 44.1 Å². The maximum Gasteiger partial charge on any atom is 0.433 e. The molecule has 2 fully saturated rings. The number of nitrogens with one attached hydrogen (secondary N) is 1. The highest BCUT2D eigenvalue weighted by molar-refractivity contribution is 7.99. The van der Waals surface area contributed by atoms with E-state index in [1.54, 1.807) is 0 Å². The zero-order valence-electron chi connectivity index (χ0n) is 12.7. The predicted molar refractivity (Wildman–Crippen MR) is 79.9 cm³/mol. The van der Waals surface area contributed by atoms with Gasteiger partial charge in [0, 0.05) is 11.7 Å². The highest BCUT2D eigenvalue weighted by atomic mass is 32.2. The van der Waals surface area contributed by atoms with E-state index in [4.69, 9.17) is 0 Å². The fourth-order valence-electron chi connectivity index (χ4n) is 3.55. The first-order valence-electron chi connectivity index (χ1n) is 7.66. The number of hydrogen-bond acceptors (Lipinski definition) is 4. The number of thioether (sulfide) groups is 1. The maximum atomic E-state index is 12.7. The number of carbonyl (C=O) groups excluding carboxylic acids is 1. The molecule has 2 aliphatic carbocycles. The number of alkyl halides is 3. The molecule has 1 N–H and O–H groups in total. The first kappa shape index (κ1) is 16.5. The summed E-state index contributed by atoms with van der Waals surface area (Å²) in [6.07, 6.45) is 0.129. The van der Waals surface area contributed by atoms with E-state index in [-0.39, 0.29) is 28.6 Å². The summed E-state index contributed by atoms with van der Waals surface area (Å²) in [6, 6.07) is 1.13. The number of aromatic nitrogens is 2. The quantitative estimate of drug-likeness (QED) is 0.673. The van der Waals surface area contributed by atoms with Crippen LogP contribution in [0.15, 0.2) is 11.2 Å². The van der Waals surface area contributed by atoms with E-state index in [0.717, 1.165) is 30.2 Å². The van der Waals surface area contributed by atoms with Gasteiger partial charge in [0.25, 0.3) is 0 Å². The second kappa shape index (κ2) is 6.30. The van der Waals surface area contributed by atoms with Crippen molar-refractivity contribution < 1.29 is 18.0 Å². The van der Waals surface area contributed by atoms with Crippen molar-refractivity contribution >= 4 is 17.7 Å². The van der Waals surface area contributed by atoms with Gasteiger partial charge in [-0.3, -0.25) is 4.79 Å². The molecule has 126 valence electrons. The molecule has 3 atom stereocenters. The molecule has 1 amide bonds. The monoisotopic (exact) mass is 345 g/mol. The second-order valence-corrected chi connectivity index (χ2v) is 7.25. The molecule has 3 rings (SSSR count). The third-order valence-electron chi connectivity index (χ3n) is 4.54. The van der Waals surface area contributed by atoms with E-state index >= 15 is 0 Å². The van der Waals surface area contributed by atoms with Crippen LogP contribution in [0.3, 0.4) is 0 Å². The fourth-order valence-corrected chi connectivity index (χ4v) is 4.27. The van der Waals surface area contributed by atoms with Crippen molar-refractivity contribution in [3.8, 4) is 0 Å². The van der Waals surface area contributed by atoms with Gasteiger partial charge in [-0.25, -0.2) is 9.97 Å². The summed E-state index contributed by atoms with van der Waals surface area (Å²) in [5.41, 5.74) is -0.732. The molecule has 2 bridgehead atoms. The lowest BCUT2D eigenvalue weighted by Gasteiger charge is -2.22. The number of fused-ring (bicyclic) bond motifs is 2. The van der Waals surface area contributed by atoms with Crippen LogP contribution in [-0.4, -0.2) is 27.7 Å². The van der Waals surface area contributed by atoms with Crippen LogP contribution < -0.4 is 5.32 Å². The molecule has 1 aromatic rings. The van der Waals surface area contributed by atoms with Gasteiger partial charge in [-0.1, -0.05) is 18.2 Å². The van der Waals surface area contributed by atoms with Gasteiger partial charge in [0.05, 0.1) is 5.75 Å². The van der Waals surface area contributed by atoms with Crippen molar-refractivity contribution in [2.24, 2.45) is 11.8 Å². The smallest absolute Gasteiger partial charge is 0.352 e. The molecule has 0 aromatic carbocycles. The van der Waals surface area contributed by atoms with Crippen molar-refractivity contribution in [2.75, 3.05) is 5.75 Å². The zero-order valence-corrected chi connectivity index (χ0v) is 13.5. The van der Waals surface area contributed by atoms with Crippen LogP contribution in [-0.2, 0) is 11.0 Å².